The molecule has 0 saturated carbocycles. The van der Waals surface area contributed by atoms with E-state index in [1.165, 1.54) is 6.20 Å². The molecule has 1 aromatic carbocycles. The maximum atomic E-state index is 12.3. The van der Waals surface area contributed by atoms with Crippen molar-refractivity contribution < 1.29 is 23.9 Å². The third-order valence-corrected chi connectivity index (χ3v) is 3.44. The Labute approximate surface area is 127 Å². The van der Waals surface area contributed by atoms with Crippen molar-refractivity contribution in [3.8, 4) is 17.2 Å². The van der Waals surface area contributed by atoms with E-state index < -0.39 is 6.04 Å². The summed E-state index contributed by atoms with van der Waals surface area (Å²) in [6.07, 6.45) is 3.24. The van der Waals surface area contributed by atoms with Crippen molar-refractivity contribution in [1.29, 1.82) is 0 Å². The molecule has 0 unspecified atom stereocenters. The number of fused-ring (bicyclic) bond motifs is 1. The van der Waals surface area contributed by atoms with E-state index in [0.29, 0.717) is 30.4 Å². The molecule has 2 N–H and O–H groups in total. The molecule has 0 spiro atoms. The molecule has 2 aromatic rings. The van der Waals surface area contributed by atoms with Gasteiger partial charge in [0, 0.05) is 24.7 Å². The van der Waals surface area contributed by atoms with Gasteiger partial charge in [0.2, 0.25) is 12.2 Å². The molecule has 2 heterocycles. The molecule has 1 aliphatic heterocycles. The minimum atomic E-state index is -0.458. The Morgan fingerprint density at radius 2 is 2.05 bits per heavy atom. The summed E-state index contributed by atoms with van der Waals surface area (Å²) in [5.74, 6) is 1.23. The zero-order valence-corrected chi connectivity index (χ0v) is 12.2. The number of hydrogen-bond acceptors (Lipinski definition) is 4. The zero-order valence-electron chi connectivity index (χ0n) is 12.2. The molecule has 0 fully saturated rings. The summed E-state index contributed by atoms with van der Waals surface area (Å²) >= 11 is 0. The van der Waals surface area contributed by atoms with Crippen molar-refractivity contribution in [2.45, 2.75) is 13.0 Å². The summed E-state index contributed by atoms with van der Waals surface area (Å²) < 4.78 is 12.6. The van der Waals surface area contributed by atoms with Gasteiger partial charge in [0.1, 0.15) is 13.2 Å². The number of ether oxygens (including phenoxy) is 2. The summed E-state index contributed by atoms with van der Waals surface area (Å²) in [6, 6.07) is 8.07. The predicted octanol–water partition coefficient (Wildman–Crippen LogP) is 1.65. The van der Waals surface area contributed by atoms with Gasteiger partial charge in [0.25, 0.3) is 5.91 Å². The second-order valence-electron chi connectivity index (χ2n) is 5.03. The highest BCUT2D eigenvalue weighted by Crippen LogP contribution is 2.32. The van der Waals surface area contributed by atoms with E-state index >= 15 is 0 Å². The van der Waals surface area contributed by atoms with Crippen LogP contribution in [0.5, 0.6) is 17.2 Å². The molecule has 22 heavy (non-hydrogen) atoms. The third kappa shape index (κ3) is 2.95. The Morgan fingerprint density at radius 1 is 1.27 bits per heavy atom. The summed E-state index contributed by atoms with van der Waals surface area (Å²) in [5, 5.41) is 12.3. The number of anilines is 1. The maximum absolute atomic E-state index is 12.3. The van der Waals surface area contributed by atoms with Gasteiger partial charge in [-0.25, -0.2) is 0 Å². The Kier molecular flexibility index (Phi) is 3.82. The molecular weight excluding hydrogens is 284 g/mol. The number of amides is 1. The number of hydrogen-bond donors (Lipinski definition) is 2. The lowest BCUT2D eigenvalue weighted by Crippen LogP contribution is -2.43. The van der Waals surface area contributed by atoms with E-state index in [0.717, 1.165) is 0 Å². The van der Waals surface area contributed by atoms with Crippen LogP contribution in [-0.4, -0.2) is 24.2 Å². The van der Waals surface area contributed by atoms with Crippen molar-refractivity contribution in [3.63, 3.8) is 0 Å². The van der Waals surface area contributed by atoms with E-state index in [4.69, 9.17) is 9.47 Å². The Bertz CT molecular complexity index is 702. The summed E-state index contributed by atoms with van der Waals surface area (Å²) in [5.41, 5.74) is 0.641. The lowest BCUT2D eigenvalue weighted by molar-refractivity contribution is -0.705. The molecule has 1 amide bonds. The van der Waals surface area contributed by atoms with Crippen LogP contribution >= 0.6 is 0 Å². The minimum absolute atomic E-state index is 0.112. The van der Waals surface area contributed by atoms with Crippen LogP contribution in [0.2, 0.25) is 0 Å². The number of aromatic nitrogens is 1. The van der Waals surface area contributed by atoms with Gasteiger partial charge in [-0.2, -0.15) is 4.57 Å². The number of pyridine rings is 1. The lowest BCUT2D eigenvalue weighted by Gasteiger charge is -2.19. The van der Waals surface area contributed by atoms with E-state index in [1.807, 2.05) is 0 Å². The van der Waals surface area contributed by atoms with Crippen LogP contribution < -0.4 is 19.4 Å². The number of carbonyl (C=O) groups excluding carboxylic acids is 1. The Morgan fingerprint density at radius 3 is 2.82 bits per heavy atom. The van der Waals surface area contributed by atoms with Crippen molar-refractivity contribution >= 4 is 11.6 Å². The quantitative estimate of drug-likeness (QED) is 0.846. The molecule has 0 bridgehead atoms. The first-order chi connectivity index (χ1) is 10.6. The third-order valence-electron chi connectivity index (χ3n) is 3.44. The van der Waals surface area contributed by atoms with Crippen LogP contribution in [0.3, 0.4) is 0 Å². The normalized spacial score (nSPS) is 14.2. The monoisotopic (exact) mass is 301 g/mol. The lowest BCUT2D eigenvalue weighted by atomic mass is 10.2. The molecule has 0 aliphatic carbocycles. The van der Waals surface area contributed by atoms with E-state index in [1.54, 1.807) is 48.0 Å². The number of rotatable bonds is 3. The fourth-order valence-corrected chi connectivity index (χ4v) is 2.22. The van der Waals surface area contributed by atoms with Gasteiger partial charge in [-0.05, 0) is 18.2 Å². The van der Waals surface area contributed by atoms with Crippen LogP contribution in [0.25, 0.3) is 0 Å². The number of benzene rings is 1. The summed E-state index contributed by atoms with van der Waals surface area (Å²) in [6.45, 7) is 2.79. The number of aromatic hydroxyl groups is 1. The van der Waals surface area contributed by atoms with E-state index in [-0.39, 0.29) is 11.7 Å². The molecule has 1 aliphatic rings. The van der Waals surface area contributed by atoms with Gasteiger partial charge < -0.3 is 19.9 Å². The number of carbonyl (C=O) groups is 1. The highest BCUT2D eigenvalue weighted by Gasteiger charge is 2.23. The SMILES string of the molecule is C[C@@H](C(=O)Nc1ccc2c(c1)OCCO2)[n+]1cccc(O)c1. The number of nitrogens with zero attached hydrogens (tertiary/aromatic N) is 1. The molecule has 114 valence electrons. The predicted molar refractivity (Wildman–Crippen MR) is 79.1 cm³/mol. The van der Waals surface area contributed by atoms with Crippen LogP contribution in [0, 0.1) is 0 Å². The molecular formula is C16H17N2O4+. The van der Waals surface area contributed by atoms with Gasteiger partial charge in [-0.1, -0.05) is 0 Å². The van der Waals surface area contributed by atoms with E-state index in [2.05, 4.69) is 5.32 Å². The Hall–Kier alpha value is -2.76. The smallest absolute Gasteiger partial charge is 0.293 e. The topological polar surface area (TPSA) is 71.7 Å². The van der Waals surface area contributed by atoms with Crippen LogP contribution in [0.4, 0.5) is 5.69 Å². The minimum Gasteiger partial charge on any atom is -0.503 e. The highest BCUT2D eigenvalue weighted by atomic mass is 16.6. The molecule has 1 atom stereocenters. The van der Waals surface area contributed by atoms with Crippen LogP contribution in [0.1, 0.15) is 13.0 Å². The maximum Gasteiger partial charge on any atom is 0.293 e. The fraction of sp³-hybridized carbons (Fsp3) is 0.250. The molecule has 1 aromatic heterocycles. The van der Waals surface area contributed by atoms with Crippen molar-refractivity contribution in [3.05, 3.63) is 42.7 Å². The number of nitrogens with one attached hydrogen (secondary N) is 1. The van der Waals surface area contributed by atoms with Gasteiger partial charge in [0.05, 0.1) is 0 Å². The molecule has 6 heteroatoms. The largest absolute Gasteiger partial charge is 0.503 e. The van der Waals surface area contributed by atoms with Gasteiger partial charge in [-0.3, -0.25) is 4.79 Å². The standard InChI is InChI=1S/C16H16N2O4/c1-11(18-6-2-3-13(19)10-18)16(20)17-12-4-5-14-15(9-12)22-8-7-21-14/h2-6,9-11H,7-8H2,1H3,(H-,17,19,20)/p+1/t11-/m0/s1. The van der Waals surface area contributed by atoms with Gasteiger partial charge in [-0.15, -0.1) is 0 Å². The first kappa shape index (κ1) is 14.2. The molecule has 0 saturated heterocycles. The van der Waals surface area contributed by atoms with Gasteiger partial charge >= 0.3 is 0 Å². The highest BCUT2D eigenvalue weighted by molar-refractivity contribution is 5.92. The van der Waals surface area contributed by atoms with Crippen LogP contribution in [0.15, 0.2) is 42.7 Å². The second kappa shape index (κ2) is 5.93. The van der Waals surface area contributed by atoms with Crippen molar-refractivity contribution in [2.24, 2.45) is 0 Å². The van der Waals surface area contributed by atoms with Crippen molar-refractivity contribution in [1.82, 2.24) is 0 Å². The second-order valence-corrected chi connectivity index (χ2v) is 5.03. The fourth-order valence-electron chi connectivity index (χ4n) is 2.22. The van der Waals surface area contributed by atoms with Crippen LogP contribution in [-0.2, 0) is 4.79 Å². The molecule has 0 radical (unpaired) electrons. The zero-order chi connectivity index (χ0) is 15.5. The average molecular weight is 301 g/mol. The summed E-state index contributed by atoms with van der Waals surface area (Å²) in [7, 11) is 0. The average Bonchev–Trinajstić information content (AvgIpc) is 2.54. The summed E-state index contributed by atoms with van der Waals surface area (Å²) in [4.78, 5) is 12.3. The van der Waals surface area contributed by atoms with E-state index in [9.17, 15) is 9.90 Å². The first-order valence-corrected chi connectivity index (χ1v) is 7.04. The first-order valence-electron chi connectivity index (χ1n) is 7.04. The van der Waals surface area contributed by atoms with Crippen molar-refractivity contribution in [2.75, 3.05) is 18.5 Å². The molecule has 3 rings (SSSR count). The molecule has 6 nitrogen and oxygen atoms in total. The Balaban J connectivity index is 1.73. The van der Waals surface area contributed by atoms with Gasteiger partial charge in [0.15, 0.2) is 23.4 Å².